The number of nitrogens with zero attached hydrogens (tertiary/aromatic N) is 4. The zero-order valence-electron chi connectivity index (χ0n) is 19.8. The Balaban J connectivity index is 1.64. The number of aromatic nitrogens is 4. The van der Waals surface area contributed by atoms with Crippen molar-refractivity contribution in [3.8, 4) is 0 Å². The van der Waals surface area contributed by atoms with Gasteiger partial charge in [0.15, 0.2) is 11.9 Å². The first kappa shape index (κ1) is 23.7. The second-order valence-electron chi connectivity index (χ2n) is 8.54. The minimum atomic E-state index is -0.922. The third kappa shape index (κ3) is 4.26. The number of amides is 1. The van der Waals surface area contributed by atoms with Crippen LogP contribution in [0, 0.1) is 5.92 Å². The number of rotatable bonds is 8. The molecule has 4 aromatic rings. The fraction of sp³-hybridized carbons (Fsp3) is 0.222. The first-order valence-electron chi connectivity index (χ1n) is 11.5. The summed E-state index contributed by atoms with van der Waals surface area (Å²) < 4.78 is 6.41. The summed E-state index contributed by atoms with van der Waals surface area (Å²) in [6, 6.07) is 30.6. The molecule has 3 unspecified atom stereocenters. The smallest absolute Gasteiger partial charge is 0.303 e. The molecule has 182 valence electrons. The summed E-state index contributed by atoms with van der Waals surface area (Å²) in [6.07, 6.45) is -0.922. The van der Waals surface area contributed by atoms with Crippen molar-refractivity contribution in [2.45, 2.75) is 23.1 Å². The molecule has 5 rings (SSSR count). The second-order valence-corrected chi connectivity index (χ2v) is 9.90. The fourth-order valence-corrected chi connectivity index (χ4v) is 6.41. The number of β-lactam (4-membered cyclic amide) rings is 1. The lowest BCUT2D eigenvalue weighted by Crippen LogP contribution is -2.60. The zero-order valence-corrected chi connectivity index (χ0v) is 20.6. The van der Waals surface area contributed by atoms with E-state index in [4.69, 9.17) is 4.74 Å². The lowest BCUT2D eigenvalue weighted by molar-refractivity contribution is -0.157. The number of carbonyl (C=O) groups excluding carboxylic acids is 2. The van der Waals surface area contributed by atoms with Crippen molar-refractivity contribution in [1.82, 2.24) is 25.5 Å². The lowest BCUT2D eigenvalue weighted by Gasteiger charge is -2.45. The van der Waals surface area contributed by atoms with Crippen LogP contribution in [0.4, 0.5) is 0 Å². The van der Waals surface area contributed by atoms with Crippen molar-refractivity contribution in [3.05, 3.63) is 114 Å². The number of esters is 1. The highest BCUT2D eigenvalue weighted by atomic mass is 32.2. The van der Waals surface area contributed by atoms with E-state index < -0.39 is 22.7 Å². The number of tetrazole rings is 1. The van der Waals surface area contributed by atoms with Crippen LogP contribution in [0.1, 0.15) is 35.5 Å². The molecule has 3 atom stereocenters. The van der Waals surface area contributed by atoms with Crippen LogP contribution in [0.3, 0.4) is 0 Å². The molecular formula is C27H25N5O3S. The molecule has 9 heteroatoms. The van der Waals surface area contributed by atoms with Crippen molar-refractivity contribution in [1.29, 1.82) is 0 Å². The van der Waals surface area contributed by atoms with Crippen LogP contribution in [0.25, 0.3) is 0 Å². The van der Waals surface area contributed by atoms with Crippen molar-refractivity contribution in [2.75, 3.05) is 0 Å². The van der Waals surface area contributed by atoms with E-state index in [1.807, 2.05) is 54.6 Å². The number of hydrogen-bond donors (Lipinski definition) is 1. The van der Waals surface area contributed by atoms with E-state index in [-0.39, 0.29) is 11.3 Å². The molecule has 1 N–H and O–H groups in total. The third-order valence-corrected chi connectivity index (χ3v) is 8.01. The van der Waals surface area contributed by atoms with Gasteiger partial charge in [-0.3, -0.25) is 9.59 Å². The minimum Gasteiger partial charge on any atom is -0.453 e. The molecule has 36 heavy (non-hydrogen) atoms. The normalized spacial score (nSPS) is 18.1. The molecule has 1 aliphatic heterocycles. The number of aryl methyl sites for hydroxylation is 1. The topological polar surface area (TPSA) is 99.0 Å². The zero-order chi connectivity index (χ0) is 25.1. The standard InChI is InChI=1S/C27H25N5O3S/c1-18(33)35-23(24-29-30-31-32(24)2)22-25(34)28-26(22)36-27(19-12-6-3-7-13-19,20-14-8-4-9-15-20)21-16-10-5-11-17-21/h3-17,22-23,26H,1-2H3,(H,28,34). The van der Waals surface area contributed by atoms with Crippen LogP contribution in [-0.2, 0) is 26.1 Å². The van der Waals surface area contributed by atoms with E-state index in [9.17, 15) is 9.59 Å². The average molecular weight is 500 g/mol. The Labute approximate surface area is 213 Å². The quantitative estimate of drug-likeness (QED) is 0.225. The first-order chi connectivity index (χ1) is 17.5. The van der Waals surface area contributed by atoms with E-state index in [1.165, 1.54) is 11.6 Å². The van der Waals surface area contributed by atoms with E-state index in [0.717, 1.165) is 16.7 Å². The molecule has 1 saturated heterocycles. The molecule has 1 aliphatic rings. The van der Waals surface area contributed by atoms with Gasteiger partial charge in [-0.25, -0.2) is 4.68 Å². The highest BCUT2D eigenvalue weighted by Gasteiger charge is 2.53. The van der Waals surface area contributed by atoms with Gasteiger partial charge in [-0.2, -0.15) is 0 Å². The highest BCUT2D eigenvalue weighted by Crippen LogP contribution is 2.53. The summed E-state index contributed by atoms with van der Waals surface area (Å²) in [4.78, 5) is 25.0. The van der Waals surface area contributed by atoms with Crippen LogP contribution in [0.5, 0.6) is 0 Å². The summed E-state index contributed by atoms with van der Waals surface area (Å²) in [6.45, 7) is 1.32. The monoisotopic (exact) mass is 499 g/mol. The predicted molar refractivity (Wildman–Crippen MR) is 136 cm³/mol. The molecule has 0 radical (unpaired) electrons. The molecule has 0 saturated carbocycles. The van der Waals surface area contributed by atoms with Crippen molar-refractivity contribution >= 4 is 23.6 Å². The molecule has 2 heterocycles. The maximum Gasteiger partial charge on any atom is 0.303 e. The molecule has 1 amide bonds. The number of ether oxygens (including phenoxy) is 1. The number of benzene rings is 3. The SMILES string of the molecule is CC(=O)OC(c1nnnn1C)C1C(=O)NC1SC(c1ccccc1)(c1ccccc1)c1ccccc1. The summed E-state index contributed by atoms with van der Waals surface area (Å²) >= 11 is 1.61. The minimum absolute atomic E-state index is 0.218. The van der Waals surface area contributed by atoms with Crippen molar-refractivity contribution in [2.24, 2.45) is 13.0 Å². The van der Waals surface area contributed by atoms with Gasteiger partial charge in [0.2, 0.25) is 5.91 Å². The number of hydrogen-bond acceptors (Lipinski definition) is 7. The number of thioether (sulfide) groups is 1. The van der Waals surface area contributed by atoms with Gasteiger partial charge in [0.1, 0.15) is 5.92 Å². The lowest BCUT2D eigenvalue weighted by atomic mass is 9.84. The maximum absolute atomic E-state index is 13.0. The van der Waals surface area contributed by atoms with Gasteiger partial charge in [0.25, 0.3) is 0 Å². The predicted octanol–water partition coefficient (Wildman–Crippen LogP) is 3.61. The van der Waals surface area contributed by atoms with Gasteiger partial charge < -0.3 is 10.1 Å². The molecule has 0 aliphatic carbocycles. The molecular weight excluding hydrogens is 474 g/mol. The van der Waals surface area contributed by atoms with Crippen LogP contribution in [-0.4, -0.2) is 37.5 Å². The van der Waals surface area contributed by atoms with E-state index in [0.29, 0.717) is 5.82 Å². The molecule has 3 aromatic carbocycles. The maximum atomic E-state index is 13.0. The van der Waals surface area contributed by atoms with Crippen LogP contribution >= 0.6 is 11.8 Å². The van der Waals surface area contributed by atoms with Gasteiger partial charge in [0, 0.05) is 14.0 Å². The first-order valence-corrected chi connectivity index (χ1v) is 12.4. The largest absolute Gasteiger partial charge is 0.453 e. The number of carbonyl (C=O) groups is 2. The average Bonchev–Trinajstić information content (AvgIpc) is 3.33. The van der Waals surface area contributed by atoms with Gasteiger partial charge in [0.05, 0.1) is 10.1 Å². The third-order valence-electron chi connectivity index (χ3n) is 6.28. The van der Waals surface area contributed by atoms with E-state index in [2.05, 4.69) is 57.2 Å². The highest BCUT2D eigenvalue weighted by molar-refractivity contribution is 8.01. The molecule has 0 spiro atoms. The Morgan fingerprint density at radius 3 is 1.83 bits per heavy atom. The number of nitrogens with one attached hydrogen (secondary N) is 1. The van der Waals surface area contributed by atoms with Gasteiger partial charge in [-0.05, 0) is 27.1 Å². The fourth-order valence-electron chi connectivity index (χ4n) is 4.62. The Morgan fingerprint density at radius 2 is 1.44 bits per heavy atom. The summed E-state index contributed by atoms with van der Waals surface area (Å²) in [5, 5.41) is 14.3. The molecule has 1 fully saturated rings. The summed E-state index contributed by atoms with van der Waals surface area (Å²) in [5.41, 5.74) is 3.20. The Bertz CT molecular complexity index is 1250. The van der Waals surface area contributed by atoms with Crippen molar-refractivity contribution < 1.29 is 14.3 Å². The molecule has 0 bridgehead atoms. The van der Waals surface area contributed by atoms with Crippen LogP contribution in [0.2, 0.25) is 0 Å². The Hall–Kier alpha value is -3.98. The summed E-state index contributed by atoms with van der Waals surface area (Å²) in [7, 11) is 1.66. The molecule has 1 aromatic heterocycles. The van der Waals surface area contributed by atoms with E-state index in [1.54, 1.807) is 18.8 Å². The van der Waals surface area contributed by atoms with Crippen LogP contribution < -0.4 is 5.32 Å². The van der Waals surface area contributed by atoms with Gasteiger partial charge in [-0.15, -0.1) is 16.9 Å². The Kier molecular flexibility index (Phi) is 6.56. The van der Waals surface area contributed by atoms with Crippen molar-refractivity contribution in [3.63, 3.8) is 0 Å². The van der Waals surface area contributed by atoms with E-state index >= 15 is 0 Å². The Morgan fingerprint density at radius 1 is 0.944 bits per heavy atom. The summed E-state index contributed by atoms with van der Waals surface area (Å²) in [5.74, 6) is -1.09. The molecule has 8 nitrogen and oxygen atoms in total. The van der Waals surface area contributed by atoms with Crippen LogP contribution in [0.15, 0.2) is 91.0 Å². The van der Waals surface area contributed by atoms with Gasteiger partial charge >= 0.3 is 5.97 Å². The van der Waals surface area contributed by atoms with Gasteiger partial charge in [-0.1, -0.05) is 91.0 Å². The second kappa shape index (κ2) is 9.94.